The number of rotatable bonds is 14. The number of hydrogen-bond acceptors (Lipinski definition) is 6. The van der Waals surface area contributed by atoms with Crippen LogP contribution in [0.25, 0.3) is 10.9 Å². The molecule has 15 heteroatoms. The molecular weight excluding hydrogens is 932 g/mol. The third-order valence-corrected chi connectivity index (χ3v) is 12.2. The fraction of sp³-hybridized carbons (Fsp3) is 0.517. The van der Waals surface area contributed by atoms with Crippen LogP contribution in [0, 0.1) is 13.8 Å². The molecule has 1 aromatic carbocycles. The number of pyridine rings is 3. The highest BCUT2D eigenvalue weighted by Crippen LogP contribution is 2.25. The summed E-state index contributed by atoms with van der Waals surface area (Å²) in [4.78, 5) is 25.5. The molecule has 0 aliphatic heterocycles. The SMILES string of the molecule is CC(C)[n+]1ccc[nH]1.CC(C)[n+]1ccccc1.CC(C)n1cnnc1.CCN(CC)CCCC(C)Nc1cc[n+](C(C)C)c2cc(Cl)ccc12.Cc1cc[n+](C(C)C)cc1.Cc1cn(C)c(=O)n(C(C)C)c1=O. The Bertz CT molecular complexity index is 2600. The lowest BCUT2D eigenvalue weighted by Crippen LogP contribution is -2.40. The number of aromatic nitrogens is 10. The molecule has 7 rings (SSSR count). The molecule has 0 amide bonds. The van der Waals surface area contributed by atoms with E-state index in [-0.39, 0.29) is 17.3 Å². The van der Waals surface area contributed by atoms with Crippen LogP contribution in [-0.2, 0) is 7.05 Å². The van der Waals surface area contributed by atoms with Gasteiger partial charge in [0.1, 0.15) is 12.7 Å². The van der Waals surface area contributed by atoms with Gasteiger partial charge in [-0.15, -0.1) is 14.9 Å². The lowest BCUT2D eigenvalue weighted by molar-refractivity contribution is -0.767. The van der Waals surface area contributed by atoms with Gasteiger partial charge in [-0.05, 0) is 154 Å². The van der Waals surface area contributed by atoms with Crippen molar-refractivity contribution in [2.75, 3.05) is 25.0 Å². The fourth-order valence-corrected chi connectivity index (χ4v) is 7.53. The Kier molecular flexibility index (Phi) is 28.5. The Labute approximate surface area is 443 Å². The Balaban J connectivity index is 0.000000322. The lowest BCUT2D eigenvalue weighted by Gasteiger charge is -2.20. The van der Waals surface area contributed by atoms with Crippen molar-refractivity contribution in [3.63, 3.8) is 0 Å². The second kappa shape index (κ2) is 33.0. The summed E-state index contributed by atoms with van der Waals surface area (Å²) in [6.07, 6.45) is 21.8. The first kappa shape index (κ1) is 63.1. The summed E-state index contributed by atoms with van der Waals surface area (Å²) in [5, 5.41) is 16.1. The monoisotopic (exact) mass is 1020 g/mol. The van der Waals surface area contributed by atoms with Gasteiger partial charge in [-0.1, -0.05) is 31.5 Å². The Hall–Kier alpha value is -5.99. The number of aryl methyl sites for hydroxylation is 3. The fourth-order valence-electron chi connectivity index (χ4n) is 7.37. The maximum absolute atomic E-state index is 11.5. The van der Waals surface area contributed by atoms with Crippen molar-refractivity contribution in [2.24, 2.45) is 7.05 Å². The molecule has 6 aromatic heterocycles. The van der Waals surface area contributed by atoms with E-state index in [2.05, 4.69) is 197 Å². The highest BCUT2D eigenvalue weighted by atomic mass is 35.5. The number of nitrogens with one attached hydrogen (secondary N) is 2. The predicted octanol–water partition coefficient (Wildman–Crippen LogP) is 10.9. The van der Waals surface area contributed by atoms with E-state index in [1.54, 1.807) is 32.8 Å². The molecule has 14 nitrogen and oxygen atoms in total. The molecule has 1 atom stereocenters. The zero-order chi connectivity index (χ0) is 54.8. The van der Waals surface area contributed by atoms with Crippen molar-refractivity contribution in [3.8, 4) is 0 Å². The number of benzene rings is 1. The van der Waals surface area contributed by atoms with Crippen molar-refractivity contribution in [1.82, 2.24) is 33.9 Å². The van der Waals surface area contributed by atoms with Gasteiger partial charge in [0, 0.05) is 84.4 Å². The topological polar surface area (TPSA) is 121 Å². The molecule has 0 radical (unpaired) electrons. The first-order valence-electron chi connectivity index (χ1n) is 26.2. The van der Waals surface area contributed by atoms with E-state index in [4.69, 9.17) is 11.6 Å². The zero-order valence-corrected chi connectivity index (χ0v) is 48.5. The van der Waals surface area contributed by atoms with E-state index in [9.17, 15) is 9.59 Å². The Morgan fingerprint density at radius 2 is 1.29 bits per heavy atom. The molecule has 1 unspecified atom stereocenters. The van der Waals surface area contributed by atoms with Gasteiger partial charge in [0.2, 0.25) is 5.52 Å². The van der Waals surface area contributed by atoms with Crippen LogP contribution in [-0.4, -0.2) is 59.6 Å². The van der Waals surface area contributed by atoms with Crippen LogP contribution in [0.15, 0.2) is 132 Å². The minimum atomic E-state index is -0.259. The minimum Gasteiger partial charge on any atom is -0.382 e. The molecule has 0 spiro atoms. The maximum Gasteiger partial charge on any atom is 0.330 e. The molecule has 7 aromatic rings. The smallest absolute Gasteiger partial charge is 0.330 e. The molecular formula is C58H93ClN12O2+4. The van der Waals surface area contributed by atoms with E-state index >= 15 is 0 Å². The molecule has 0 saturated carbocycles. The number of halogens is 1. The lowest BCUT2D eigenvalue weighted by atomic mass is 10.1. The number of aromatic amines is 1. The van der Waals surface area contributed by atoms with Gasteiger partial charge in [-0.25, -0.2) is 13.9 Å². The molecule has 2 N–H and O–H groups in total. The van der Waals surface area contributed by atoms with Crippen LogP contribution in [0.2, 0.25) is 5.02 Å². The molecule has 0 bridgehead atoms. The predicted molar refractivity (Wildman–Crippen MR) is 301 cm³/mol. The quantitative estimate of drug-likeness (QED) is 0.105. The minimum absolute atomic E-state index is 0.0916. The maximum atomic E-state index is 11.5. The van der Waals surface area contributed by atoms with Gasteiger partial charge in [0.15, 0.2) is 61.3 Å². The molecule has 0 aliphatic carbocycles. The van der Waals surface area contributed by atoms with Gasteiger partial charge in [-0.3, -0.25) is 9.36 Å². The van der Waals surface area contributed by atoms with Crippen molar-refractivity contribution in [1.29, 1.82) is 0 Å². The highest BCUT2D eigenvalue weighted by Gasteiger charge is 2.17. The zero-order valence-electron chi connectivity index (χ0n) is 47.8. The summed E-state index contributed by atoms with van der Waals surface area (Å²) in [5.74, 6) is 0. The normalized spacial score (nSPS) is 11.3. The van der Waals surface area contributed by atoms with Crippen LogP contribution in [0.4, 0.5) is 5.69 Å². The summed E-state index contributed by atoms with van der Waals surface area (Å²) < 4.78 is 13.3. The number of fused-ring (bicyclic) bond motifs is 1. The van der Waals surface area contributed by atoms with Crippen molar-refractivity contribution in [2.45, 2.75) is 173 Å². The summed E-state index contributed by atoms with van der Waals surface area (Å²) in [6, 6.07) is 23.6. The largest absolute Gasteiger partial charge is 0.382 e. The van der Waals surface area contributed by atoms with Crippen LogP contribution < -0.4 is 34.9 Å². The molecule has 400 valence electrons. The molecule has 0 fully saturated rings. The molecule has 0 aliphatic rings. The van der Waals surface area contributed by atoms with E-state index in [1.807, 2.05) is 65.8 Å². The summed E-state index contributed by atoms with van der Waals surface area (Å²) in [5.41, 5.74) is 3.83. The number of anilines is 1. The average molecular weight is 1030 g/mol. The van der Waals surface area contributed by atoms with Gasteiger partial charge in [-0.2, -0.15) is 9.67 Å². The number of hydrogen-bond donors (Lipinski definition) is 2. The van der Waals surface area contributed by atoms with Gasteiger partial charge in [0.25, 0.3) is 5.56 Å². The standard InChI is InChI=1S/C21H32ClN3.C9H14N2O2.C9H14N.C8H12N.C6H10N2.C5H9N3/c1-6-24(7-2)13-8-9-17(5)23-20-12-14-25(16(3)4)21-15-18(22)10-11-19(20)21;1-6(2)11-8(12)7(3)5-10(4)9(11)13;1-8(2)10-6-4-9(3)5-7-10;1-8(2)9-6-4-3-5-7-9;1-6(2)8-5-3-4-7-8;1-5(2)8-3-6-7-4-8/h10-12,14-17H,6-9,13H2,1-5H3;5-6H,1-4H3;4-8H,1-3H3;3-8H,1-2H3;3-6H,1-2H3;3-5H,1-2H3/q;;2*+1;;/p+2. The first-order valence-corrected chi connectivity index (χ1v) is 26.6. The van der Waals surface area contributed by atoms with Gasteiger partial charge in [0.05, 0.1) is 17.3 Å². The summed E-state index contributed by atoms with van der Waals surface area (Å²) in [7, 11) is 1.65. The van der Waals surface area contributed by atoms with Crippen molar-refractivity contribution in [3.05, 3.63) is 160 Å². The second-order valence-corrected chi connectivity index (χ2v) is 20.5. The van der Waals surface area contributed by atoms with Crippen molar-refractivity contribution >= 4 is 28.2 Å². The summed E-state index contributed by atoms with van der Waals surface area (Å²) in [6.45, 7) is 39.2. The molecule has 0 saturated heterocycles. The van der Waals surface area contributed by atoms with E-state index in [0.29, 0.717) is 41.8 Å². The highest BCUT2D eigenvalue weighted by molar-refractivity contribution is 6.31. The third kappa shape index (κ3) is 22.3. The Morgan fingerprint density at radius 3 is 1.74 bits per heavy atom. The number of H-pyrrole nitrogens is 1. The van der Waals surface area contributed by atoms with E-state index in [1.165, 1.54) is 50.7 Å². The van der Waals surface area contributed by atoms with Gasteiger partial charge >= 0.3 is 5.69 Å². The summed E-state index contributed by atoms with van der Waals surface area (Å²) >= 11 is 6.24. The third-order valence-electron chi connectivity index (χ3n) is 12.0. The molecule has 6 heterocycles. The first-order chi connectivity index (χ1) is 34.5. The average Bonchev–Trinajstić information content (AvgIpc) is 4.11. The van der Waals surface area contributed by atoms with E-state index in [0.717, 1.165) is 18.1 Å². The number of nitrogens with zero attached hydrogens (tertiary/aromatic N) is 10. The van der Waals surface area contributed by atoms with Crippen LogP contribution >= 0.6 is 11.6 Å². The van der Waals surface area contributed by atoms with E-state index < -0.39 is 0 Å². The molecule has 73 heavy (non-hydrogen) atoms. The Morgan fingerprint density at radius 1 is 0.699 bits per heavy atom. The van der Waals surface area contributed by atoms with Crippen LogP contribution in [0.3, 0.4) is 0 Å². The van der Waals surface area contributed by atoms with Crippen LogP contribution in [0.5, 0.6) is 0 Å². The van der Waals surface area contributed by atoms with Gasteiger partial charge < -0.3 is 19.4 Å². The van der Waals surface area contributed by atoms with Crippen molar-refractivity contribution < 1.29 is 18.4 Å². The van der Waals surface area contributed by atoms with Crippen LogP contribution in [0.1, 0.15) is 164 Å². The second-order valence-electron chi connectivity index (χ2n) is 20.1.